The van der Waals surface area contributed by atoms with E-state index in [0.29, 0.717) is 17.3 Å². The Morgan fingerprint density at radius 2 is 2.22 bits per heavy atom. The van der Waals surface area contributed by atoms with Gasteiger partial charge < -0.3 is 15.4 Å². The second kappa shape index (κ2) is 7.95. The van der Waals surface area contributed by atoms with Crippen LogP contribution in [0, 0.1) is 0 Å². The topological polar surface area (TPSA) is 50.4 Å². The van der Waals surface area contributed by atoms with Crippen molar-refractivity contribution in [1.29, 1.82) is 0 Å². The Hall–Kier alpha value is -1.26. The Labute approximate surface area is 113 Å². The number of carbonyl (C=O) groups is 1. The molecule has 0 radical (unpaired) electrons. The minimum Gasteiger partial charge on any atom is -0.483 e. The molecule has 100 valence electrons. The lowest BCUT2D eigenvalue weighted by atomic mass is 10.2. The van der Waals surface area contributed by atoms with E-state index < -0.39 is 0 Å². The molecule has 0 atom stereocenters. The van der Waals surface area contributed by atoms with Gasteiger partial charge in [-0.1, -0.05) is 24.6 Å². The van der Waals surface area contributed by atoms with E-state index in [9.17, 15) is 4.79 Å². The molecule has 1 amide bonds. The second-order valence-corrected chi connectivity index (χ2v) is 4.26. The summed E-state index contributed by atoms with van der Waals surface area (Å²) in [6.45, 7) is 3.65. The van der Waals surface area contributed by atoms with E-state index in [1.165, 1.54) is 0 Å². The van der Waals surface area contributed by atoms with Gasteiger partial charge in [0.2, 0.25) is 0 Å². The molecule has 0 aliphatic rings. The van der Waals surface area contributed by atoms with Gasteiger partial charge in [-0.2, -0.15) is 0 Å². The number of nitrogens with one attached hydrogen (secondary N) is 2. The first-order chi connectivity index (χ1) is 8.69. The summed E-state index contributed by atoms with van der Waals surface area (Å²) in [6, 6.07) is 5.44. The Morgan fingerprint density at radius 1 is 1.44 bits per heavy atom. The summed E-state index contributed by atoms with van der Waals surface area (Å²) in [5.41, 5.74) is 0.886. The van der Waals surface area contributed by atoms with Crippen LogP contribution in [0.2, 0.25) is 5.02 Å². The van der Waals surface area contributed by atoms with Gasteiger partial charge in [-0.05, 0) is 25.1 Å². The lowest BCUT2D eigenvalue weighted by molar-refractivity contribution is -0.122. The molecule has 18 heavy (non-hydrogen) atoms. The maximum absolute atomic E-state index is 11.2. The first-order valence-corrected chi connectivity index (χ1v) is 6.38. The van der Waals surface area contributed by atoms with Crippen LogP contribution < -0.4 is 15.4 Å². The molecule has 2 N–H and O–H groups in total. The molecular weight excluding hydrogens is 252 g/mol. The van der Waals surface area contributed by atoms with Crippen LogP contribution in [0.15, 0.2) is 18.2 Å². The van der Waals surface area contributed by atoms with Crippen molar-refractivity contribution < 1.29 is 9.53 Å². The summed E-state index contributed by atoms with van der Waals surface area (Å²) >= 11 is 6.14. The van der Waals surface area contributed by atoms with Crippen LogP contribution >= 0.6 is 11.6 Å². The standard InChI is InChI=1S/C13H19ClN2O2/c1-3-7-16-8-10-11(14)5-4-6-12(10)18-9-13(17)15-2/h4-6,16H,3,7-9H2,1-2H3,(H,15,17). The van der Waals surface area contributed by atoms with Crippen molar-refractivity contribution in [2.24, 2.45) is 0 Å². The summed E-state index contributed by atoms with van der Waals surface area (Å²) in [6.07, 6.45) is 1.05. The summed E-state index contributed by atoms with van der Waals surface area (Å²) < 4.78 is 5.46. The Kier molecular flexibility index (Phi) is 6.54. The summed E-state index contributed by atoms with van der Waals surface area (Å²) in [5, 5.41) is 6.42. The first kappa shape index (κ1) is 14.8. The molecule has 0 spiro atoms. The van der Waals surface area contributed by atoms with Crippen LogP contribution in [0.4, 0.5) is 0 Å². The fourth-order valence-corrected chi connectivity index (χ4v) is 1.68. The van der Waals surface area contributed by atoms with Crippen LogP contribution in [0.3, 0.4) is 0 Å². The molecule has 5 heteroatoms. The van der Waals surface area contributed by atoms with Crippen molar-refractivity contribution in [3.8, 4) is 5.75 Å². The number of hydrogen-bond donors (Lipinski definition) is 2. The van der Waals surface area contributed by atoms with Gasteiger partial charge in [0.15, 0.2) is 6.61 Å². The molecule has 0 aliphatic heterocycles. The second-order valence-electron chi connectivity index (χ2n) is 3.86. The molecule has 0 saturated heterocycles. The average Bonchev–Trinajstić information content (AvgIpc) is 2.38. The van der Waals surface area contributed by atoms with Gasteiger partial charge in [-0.15, -0.1) is 0 Å². The van der Waals surface area contributed by atoms with Crippen molar-refractivity contribution in [3.05, 3.63) is 28.8 Å². The van der Waals surface area contributed by atoms with Crippen LogP contribution in [-0.2, 0) is 11.3 Å². The van der Waals surface area contributed by atoms with Crippen molar-refractivity contribution in [2.45, 2.75) is 19.9 Å². The summed E-state index contributed by atoms with van der Waals surface area (Å²) in [7, 11) is 1.58. The number of carbonyl (C=O) groups excluding carboxylic acids is 1. The van der Waals surface area contributed by atoms with E-state index in [2.05, 4.69) is 17.6 Å². The van der Waals surface area contributed by atoms with E-state index in [-0.39, 0.29) is 12.5 Å². The van der Waals surface area contributed by atoms with Crippen LogP contribution in [0.5, 0.6) is 5.75 Å². The SMILES string of the molecule is CCCNCc1c(Cl)cccc1OCC(=O)NC. The Bertz CT molecular complexity index is 397. The van der Waals surface area contributed by atoms with Crippen molar-refractivity contribution in [2.75, 3.05) is 20.2 Å². The predicted molar refractivity (Wildman–Crippen MR) is 73.0 cm³/mol. The normalized spacial score (nSPS) is 10.2. The predicted octanol–water partition coefficient (Wildman–Crippen LogP) is 1.96. The summed E-state index contributed by atoms with van der Waals surface area (Å²) in [4.78, 5) is 11.2. The monoisotopic (exact) mass is 270 g/mol. The van der Waals surface area contributed by atoms with Gasteiger partial charge in [-0.3, -0.25) is 4.79 Å². The molecule has 1 aromatic rings. The molecule has 0 unspecified atom stereocenters. The molecule has 4 nitrogen and oxygen atoms in total. The highest BCUT2D eigenvalue weighted by Crippen LogP contribution is 2.26. The number of amides is 1. The fourth-order valence-electron chi connectivity index (χ4n) is 1.45. The van der Waals surface area contributed by atoms with Gasteiger partial charge >= 0.3 is 0 Å². The summed E-state index contributed by atoms with van der Waals surface area (Å²) in [5.74, 6) is 0.483. The van der Waals surface area contributed by atoms with Crippen molar-refractivity contribution in [1.82, 2.24) is 10.6 Å². The minimum absolute atomic E-state index is 0.00236. The number of rotatable bonds is 7. The highest BCUT2D eigenvalue weighted by atomic mass is 35.5. The number of ether oxygens (including phenoxy) is 1. The molecule has 1 aromatic carbocycles. The fraction of sp³-hybridized carbons (Fsp3) is 0.462. The zero-order valence-electron chi connectivity index (χ0n) is 10.8. The van der Waals surface area contributed by atoms with Crippen LogP contribution in [-0.4, -0.2) is 26.1 Å². The highest BCUT2D eigenvalue weighted by molar-refractivity contribution is 6.31. The van der Waals surface area contributed by atoms with Gasteiger partial charge in [0.25, 0.3) is 5.91 Å². The zero-order valence-corrected chi connectivity index (χ0v) is 11.5. The van der Waals surface area contributed by atoms with Crippen molar-refractivity contribution >= 4 is 17.5 Å². The minimum atomic E-state index is -0.164. The molecular formula is C13H19ClN2O2. The van der Waals surface area contributed by atoms with Gasteiger partial charge in [0, 0.05) is 24.2 Å². The third-order valence-electron chi connectivity index (χ3n) is 2.44. The molecule has 0 fully saturated rings. The first-order valence-electron chi connectivity index (χ1n) is 6.00. The molecule has 0 heterocycles. The number of benzene rings is 1. The van der Waals surface area contributed by atoms with Crippen LogP contribution in [0.25, 0.3) is 0 Å². The Morgan fingerprint density at radius 3 is 2.89 bits per heavy atom. The van der Waals surface area contributed by atoms with E-state index in [1.807, 2.05) is 18.2 Å². The zero-order chi connectivity index (χ0) is 13.4. The van der Waals surface area contributed by atoms with Gasteiger partial charge in [0.1, 0.15) is 5.75 Å². The maximum Gasteiger partial charge on any atom is 0.257 e. The van der Waals surface area contributed by atoms with E-state index >= 15 is 0 Å². The van der Waals surface area contributed by atoms with E-state index in [1.54, 1.807) is 7.05 Å². The van der Waals surface area contributed by atoms with E-state index in [0.717, 1.165) is 18.5 Å². The average molecular weight is 271 g/mol. The molecule has 1 rings (SSSR count). The number of likely N-dealkylation sites (N-methyl/N-ethyl adjacent to an activating group) is 1. The third kappa shape index (κ3) is 4.55. The smallest absolute Gasteiger partial charge is 0.257 e. The highest BCUT2D eigenvalue weighted by Gasteiger charge is 2.09. The number of hydrogen-bond acceptors (Lipinski definition) is 3. The lowest BCUT2D eigenvalue weighted by Crippen LogP contribution is -2.25. The quantitative estimate of drug-likeness (QED) is 0.745. The maximum atomic E-state index is 11.2. The largest absolute Gasteiger partial charge is 0.483 e. The third-order valence-corrected chi connectivity index (χ3v) is 2.80. The van der Waals surface area contributed by atoms with Gasteiger partial charge in [0.05, 0.1) is 0 Å². The van der Waals surface area contributed by atoms with Crippen molar-refractivity contribution in [3.63, 3.8) is 0 Å². The lowest BCUT2D eigenvalue weighted by Gasteiger charge is -2.13. The molecule has 0 bridgehead atoms. The molecule has 0 saturated carbocycles. The molecule has 0 aromatic heterocycles. The van der Waals surface area contributed by atoms with Crippen LogP contribution in [0.1, 0.15) is 18.9 Å². The molecule has 0 aliphatic carbocycles. The van der Waals surface area contributed by atoms with Gasteiger partial charge in [-0.25, -0.2) is 0 Å². The number of halogens is 1. The Balaban J connectivity index is 2.70. The van der Waals surface area contributed by atoms with E-state index in [4.69, 9.17) is 16.3 Å².